The van der Waals surface area contributed by atoms with Gasteiger partial charge in [-0.2, -0.15) is 10.1 Å². The zero-order valence-electron chi connectivity index (χ0n) is 21.1. The molecule has 0 unspecified atom stereocenters. The van der Waals surface area contributed by atoms with E-state index in [1.807, 2.05) is 25.1 Å². The zero-order chi connectivity index (χ0) is 27.1. The van der Waals surface area contributed by atoms with E-state index in [4.69, 9.17) is 4.98 Å². The summed E-state index contributed by atoms with van der Waals surface area (Å²) in [6, 6.07) is 10.6. The molecule has 1 fully saturated rings. The van der Waals surface area contributed by atoms with E-state index in [0.29, 0.717) is 23.1 Å². The Kier molecular flexibility index (Phi) is 6.24. The van der Waals surface area contributed by atoms with E-state index in [9.17, 15) is 18.0 Å². The first-order valence-electron chi connectivity index (χ1n) is 12.8. The molecular weight excluding hydrogens is 511 g/mol. The monoisotopic (exact) mass is 537 g/mol. The number of benzene rings is 2. The molecule has 39 heavy (non-hydrogen) atoms. The van der Waals surface area contributed by atoms with Crippen molar-refractivity contribution < 1.29 is 22.7 Å². The van der Waals surface area contributed by atoms with Gasteiger partial charge >= 0.3 is 6.36 Å². The fourth-order valence-corrected chi connectivity index (χ4v) is 5.44. The lowest BCUT2D eigenvalue weighted by atomic mass is 9.92. The van der Waals surface area contributed by atoms with Crippen molar-refractivity contribution in [3.8, 4) is 5.75 Å². The fourth-order valence-electron chi connectivity index (χ4n) is 5.44. The number of halogens is 3. The Labute approximate surface area is 222 Å². The van der Waals surface area contributed by atoms with Crippen molar-refractivity contribution >= 4 is 45.6 Å². The number of hydrogen-bond acceptors (Lipinski definition) is 7. The lowest BCUT2D eigenvalue weighted by Gasteiger charge is -2.45. The number of rotatable bonds is 5. The largest absolute Gasteiger partial charge is 0.573 e. The summed E-state index contributed by atoms with van der Waals surface area (Å²) in [6.07, 6.45) is 3.71. The minimum atomic E-state index is -4.80. The molecule has 2 N–H and O–H groups in total. The third-order valence-corrected chi connectivity index (χ3v) is 7.22. The number of carbonyl (C=O) groups excluding carboxylic acids is 1. The highest BCUT2D eigenvalue weighted by molar-refractivity contribution is 6.09. The normalized spacial score (nSPS) is 18.4. The van der Waals surface area contributed by atoms with Crippen LogP contribution in [0.15, 0.2) is 54.9 Å². The lowest BCUT2D eigenvalue weighted by Crippen LogP contribution is -2.55. The van der Waals surface area contributed by atoms with Crippen LogP contribution in [0.4, 0.5) is 42.0 Å². The number of H-pyrrole nitrogens is 1. The van der Waals surface area contributed by atoms with Crippen LogP contribution in [0.25, 0.3) is 10.9 Å². The van der Waals surface area contributed by atoms with Crippen LogP contribution in [-0.4, -0.2) is 44.5 Å². The van der Waals surface area contributed by atoms with Gasteiger partial charge in [0, 0.05) is 22.8 Å². The molecule has 12 heteroatoms. The number of amides is 1. The van der Waals surface area contributed by atoms with Gasteiger partial charge in [-0.15, -0.1) is 13.2 Å². The van der Waals surface area contributed by atoms with Gasteiger partial charge in [0.15, 0.2) is 5.82 Å². The maximum atomic E-state index is 13.7. The van der Waals surface area contributed by atoms with Crippen LogP contribution in [0.3, 0.4) is 0 Å². The molecule has 1 aliphatic carbocycles. The molecule has 9 nitrogen and oxygen atoms in total. The highest BCUT2D eigenvalue weighted by atomic mass is 19.4. The lowest BCUT2D eigenvalue weighted by molar-refractivity contribution is -0.274. The second-order valence-electron chi connectivity index (χ2n) is 9.79. The summed E-state index contributed by atoms with van der Waals surface area (Å²) in [6.45, 7) is 1.84. The van der Waals surface area contributed by atoms with Crippen LogP contribution in [-0.2, 0) is 4.79 Å². The molecular formula is C27H26F3N7O2. The number of nitrogens with one attached hydrogen (secondary N) is 2. The maximum absolute atomic E-state index is 13.7. The molecule has 202 valence electrons. The van der Waals surface area contributed by atoms with Crippen LogP contribution in [0.1, 0.15) is 39.0 Å². The number of aromatic nitrogens is 4. The summed E-state index contributed by atoms with van der Waals surface area (Å²) in [5.74, 6) is 0.407. The van der Waals surface area contributed by atoms with E-state index in [-0.39, 0.29) is 17.7 Å². The van der Waals surface area contributed by atoms with Crippen molar-refractivity contribution in [3.63, 3.8) is 0 Å². The molecule has 1 aliphatic heterocycles. The van der Waals surface area contributed by atoms with Gasteiger partial charge in [0.05, 0.1) is 17.9 Å². The highest BCUT2D eigenvalue weighted by Gasteiger charge is 2.41. The minimum Gasteiger partial charge on any atom is -0.406 e. The topological polar surface area (TPSA) is 99.3 Å². The first kappa shape index (κ1) is 25.0. The standard InChI is InChI=1S/C27H26F3N7O2/c1-16-25(38)37(20-8-10-21(11-9-20)39-27(28,29)30)23-15-31-26(33-18-7-12-22-17(13-18)14-32-35-22)34-24(23)36(16)19-5-3-2-4-6-19/h7-16,19H,2-6H2,1H3,(H,32,35)(H,31,33,34)/t16-/m1/s1. The van der Waals surface area contributed by atoms with Gasteiger partial charge in [0.2, 0.25) is 5.95 Å². The number of alkyl halides is 3. The summed E-state index contributed by atoms with van der Waals surface area (Å²) in [5, 5.41) is 11.2. The number of anilines is 5. The van der Waals surface area contributed by atoms with E-state index in [2.05, 4.69) is 30.1 Å². The van der Waals surface area contributed by atoms with Crippen molar-refractivity contribution in [1.82, 2.24) is 20.2 Å². The second kappa shape index (κ2) is 9.75. The Hall–Kier alpha value is -4.35. The molecule has 0 saturated heterocycles. The number of aromatic amines is 1. The van der Waals surface area contributed by atoms with Crippen molar-refractivity contribution in [2.75, 3.05) is 15.1 Å². The molecule has 0 spiro atoms. The van der Waals surface area contributed by atoms with Crippen LogP contribution in [0, 0.1) is 0 Å². The van der Waals surface area contributed by atoms with Gasteiger partial charge in [0.1, 0.15) is 17.5 Å². The molecule has 0 bridgehead atoms. The Bertz CT molecular complexity index is 1500. The minimum absolute atomic E-state index is 0.145. The molecule has 1 atom stereocenters. The van der Waals surface area contributed by atoms with Crippen molar-refractivity contribution in [2.45, 2.75) is 57.5 Å². The second-order valence-corrected chi connectivity index (χ2v) is 9.79. The molecule has 6 rings (SSSR count). The molecule has 2 aliphatic rings. The Morgan fingerprint density at radius 2 is 1.82 bits per heavy atom. The fraction of sp³-hybridized carbons (Fsp3) is 0.333. The maximum Gasteiger partial charge on any atom is 0.573 e. The van der Waals surface area contributed by atoms with Gasteiger partial charge in [0.25, 0.3) is 5.91 Å². The molecule has 0 radical (unpaired) electrons. The zero-order valence-corrected chi connectivity index (χ0v) is 21.1. The summed E-state index contributed by atoms with van der Waals surface area (Å²) >= 11 is 0. The third-order valence-electron chi connectivity index (χ3n) is 7.22. The molecule has 2 aromatic carbocycles. The molecule has 1 saturated carbocycles. The van der Waals surface area contributed by atoms with Gasteiger partial charge in [-0.05, 0) is 62.2 Å². The summed E-state index contributed by atoms with van der Waals surface area (Å²) in [5.41, 5.74) is 2.57. The first-order chi connectivity index (χ1) is 18.8. The third kappa shape index (κ3) is 4.93. The summed E-state index contributed by atoms with van der Waals surface area (Å²) in [7, 11) is 0. The van der Waals surface area contributed by atoms with Crippen molar-refractivity contribution in [2.24, 2.45) is 0 Å². The van der Waals surface area contributed by atoms with Gasteiger partial charge in [-0.3, -0.25) is 14.8 Å². The number of carbonyl (C=O) groups is 1. The Morgan fingerprint density at radius 3 is 2.56 bits per heavy atom. The first-order valence-corrected chi connectivity index (χ1v) is 12.8. The van der Waals surface area contributed by atoms with Gasteiger partial charge in [-0.1, -0.05) is 19.3 Å². The van der Waals surface area contributed by atoms with E-state index >= 15 is 0 Å². The molecule has 2 aromatic heterocycles. The van der Waals surface area contributed by atoms with Crippen molar-refractivity contribution in [3.05, 3.63) is 54.9 Å². The highest BCUT2D eigenvalue weighted by Crippen LogP contribution is 2.43. The van der Waals surface area contributed by atoms with Gasteiger partial charge in [-0.25, -0.2) is 4.98 Å². The average Bonchev–Trinajstić information content (AvgIpc) is 3.38. The van der Waals surface area contributed by atoms with E-state index in [0.717, 1.165) is 48.7 Å². The predicted molar refractivity (Wildman–Crippen MR) is 140 cm³/mol. The molecule has 3 heterocycles. The summed E-state index contributed by atoms with van der Waals surface area (Å²) in [4.78, 5) is 26.6. The SMILES string of the molecule is C[C@@H]1C(=O)N(c2ccc(OC(F)(F)F)cc2)c2cnc(Nc3ccc4[nH]ncc4c3)nc2N1C1CCCCC1. The smallest absolute Gasteiger partial charge is 0.406 e. The van der Waals surface area contributed by atoms with E-state index in [1.165, 1.54) is 29.2 Å². The molecule has 1 amide bonds. The van der Waals surface area contributed by atoms with E-state index in [1.54, 1.807) is 12.4 Å². The summed E-state index contributed by atoms with van der Waals surface area (Å²) < 4.78 is 42.0. The average molecular weight is 538 g/mol. The molecule has 4 aromatic rings. The number of hydrogen-bond donors (Lipinski definition) is 2. The number of nitrogens with zero attached hydrogens (tertiary/aromatic N) is 5. The van der Waals surface area contributed by atoms with Crippen molar-refractivity contribution in [1.29, 1.82) is 0 Å². The van der Waals surface area contributed by atoms with Crippen LogP contribution in [0.5, 0.6) is 5.75 Å². The Balaban J connectivity index is 1.38. The quantitative estimate of drug-likeness (QED) is 0.313. The van der Waals surface area contributed by atoms with Crippen LogP contribution >= 0.6 is 0 Å². The Morgan fingerprint density at radius 1 is 1.05 bits per heavy atom. The van der Waals surface area contributed by atoms with Crippen LogP contribution in [0.2, 0.25) is 0 Å². The van der Waals surface area contributed by atoms with Crippen LogP contribution < -0.4 is 19.9 Å². The number of fused-ring (bicyclic) bond motifs is 2. The van der Waals surface area contributed by atoms with E-state index < -0.39 is 12.4 Å². The predicted octanol–water partition coefficient (Wildman–Crippen LogP) is 6.20. The number of ether oxygens (including phenoxy) is 1. The van der Waals surface area contributed by atoms with Gasteiger partial charge < -0.3 is 15.0 Å².